The van der Waals surface area contributed by atoms with E-state index in [0.717, 1.165) is 7.11 Å². The summed E-state index contributed by atoms with van der Waals surface area (Å²) in [6.07, 6.45) is -4.79. The number of methoxy groups -OCH3 is 1. The van der Waals surface area contributed by atoms with E-state index in [4.69, 9.17) is 0 Å². The molecule has 0 radical (unpaired) electrons. The lowest BCUT2D eigenvalue weighted by Gasteiger charge is -2.27. The van der Waals surface area contributed by atoms with Crippen molar-refractivity contribution < 1.29 is 32.4 Å². The highest BCUT2D eigenvalue weighted by molar-refractivity contribution is 5.22. The predicted molar refractivity (Wildman–Crippen MR) is 48.2 cm³/mol. The van der Waals surface area contributed by atoms with E-state index in [9.17, 15) is 13.2 Å². The molecule has 0 aliphatic carbocycles. The van der Waals surface area contributed by atoms with Gasteiger partial charge < -0.3 is 4.74 Å². The van der Waals surface area contributed by atoms with E-state index in [1.807, 2.05) is 0 Å². The summed E-state index contributed by atoms with van der Waals surface area (Å²) in [4.78, 5) is 8.66. The summed E-state index contributed by atoms with van der Waals surface area (Å²) in [5, 5.41) is 0. The predicted octanol–water partition coefficient (Wildman–Crippen LogP) is 2.31. The Hall–Kier alpha value is -1.15. The van der Waals surface area contributed by atoms with Gasteiger partial charge in [0.05, 0.1) is 0 Å². The zero-order chi connectivity index (χ0) is 12.5. The smallest absolute Gasteiger partial charge is 0.331 e. The summed E-state index contributed by atoms with van der Waals surface area (Å²) >= 11 is 0. The second kappa shape index (κ2) is 4.26. The van der Waals surface area contributed by atoms with Crippen LogP contribution in [0.4, 0.5) is 13.2 Å². The van der Waals surface area contributed by atoms with Gasteiger partial charge in [0.25, 0.3) is 0 Å². The molecule has 0 spiro atoms. The Morgan fingerprint density at radius 1 is 1.24 bits per heavy atom. The molecular formula is C10H9F3O4. The molecule has 7 heteroatoms. The highest BCUT2D eigenvalue weighted by Gasteiger charge is 2.65. The van der Waals surface area contributed by atoms with Gasteiger partial charge in [-0.1, -0.05) is 30.3 Å². The molecule has 1 saturated heterocycles. The van der Waals surface area contributed by atoms with Crippen LogP contribution in [-0.2, 0) is 25.0 Å². The number of ether oxygens (including phenoxy) is 2. The molecule has 1 heterocycles. The van der Waals surface area contributed by atoms with E-state index in [1.165, 1.54) is 24.3 Å². The Bertz CT molecular complexity index is 381. The Morgan fingerprint density at radius 3 is 2.35 bits per heavy atom. The minimum absolute atomic E-state index is 0.216. The lowest BCUT2D eigenvalue weighted by atomic mass is 10.1. The van der Waals surface area contributed by atoms with Crippen molar-refractivity contribution in [2.45, 2.75) is 18.4 Å². The first-order valence-corrected chi connectivity index (χ1v) is 4.67. The van der Waals surface area contributed by atoms with Crippen molar-refractivity contribution in [3.63, 3.8) is 0 Å². The minimum atomic E-state index is -4.79. The molecule has 1 aromatic carbocycles. The SMILES string of the molecule is COC1OOC(c2ccccc2)(C(F)(F)F)O1. The molecule has 4 nitrogen and oxygen atoms in total. The molecule has 1 aromatic rings. The molecule has 0 N–H and O–H groups in total. The van der Waals surface area contributed by atoms with Gasteiger partial charge >= 0.3 is 18.4 Å². The lowest BCUT2D eigenvalue weighted by molar-refractivity contribution is -0.422. The quantitative estimate of drug-likeness (QED) is 0.755. The summed E-state index contributed by atoms with van der Waals surface area (Å²) in [6, 6.07) is 6.92. The molecule has 0 aromatic heterocycles. The zero-order valence-electron chi connectivity index (χ0n) is 8.73. The van der Waals surface area contributed by atoms with Crippen LogP contribution in [0.25, 0.3) is 0 Å². The van der Waals surface area contributed by atoms with Crippen LogP contribution in [0.15, 0.2) is 30.3 Å². The van der Waals surface area contributed by atoms with E-state index in [1.54, 1.807) is 6.07 Å². The maximum atomic E-state index is 13.0. The number of alkyl halides is 3. The summed E-state index contributed by atoms with van der Waals surface area (Å²) in [5.41, 5.74) is -0.216. The largest absolute Gasteiger partial charge is 0.451 e. The molecular weight excluding hydrogens is 241 g/mol. The first kappa shape index (κ1) is 12.3. The van der Waals surface area contributed by atoms with Gasteiger partial charge in [-0.25, -0.2) is 0 Å². The molecule has 0 bridgehead atoms. The van der Waals surface area contributed by atoms with Gasteiger partial charge in [-0.15, -0.1) is 0 Å². The van der Waals surface area contributed by atoms with Crippen LogP contribution in [0.1, 0.15) is 5.56 Å². The van der Waals surface area contributed by atoms with Crippen LogP contribution in [-0.4, -0.2) is 19.8 Å². The number of hydrogen-bond donors (Lipinski definition) is 0. The molecule has 94 valence electrons. The molecule has 2 rings (SSSR count). The van der Waals surface area contributed by atoms with Gasteiger partial charge in [-0.2, -0.15) is 22.9 Å². The maximum absolute atomic E-state index is 13.0. The minimum Gasteiger partial charge on any atom is -0.331 e. The van der Waals surface area contributed by atoms with Crippen molar-refractivity contribution in [2.24, 2.45) is 0 Å². The number of rotatable bonds is 2. The van der Waals surface area contributed by atoms with Gasteiger partial charge in [-0.3, -0.25) is 4.74 Å². The van der Waals surface area contributed by atoms with Crippen molar-refractivity contribution in [2.75, 3.05) is 7.11 Å². The van der Waals surface area contributed by atoms with E-state index in [0.29, 0.717) is 0 Å². The Balaban J connectivity index is 2.40. The van der Waals surface area contributed by atoms with E-state index < -0.39 is 18.4 Å². The van der Waals surface area contributed by atoms with Crippen LogP contribution in [0, 0.1) is 0 Å². The third-order valence-corrected chi connectivity index (χ3v) is 2.23. The maximum Gasteiger partial charge on any atom is 0.451 e. The normalized spacial score (nSPS) is 29.5. The Morgan fingerprint density at radius 2 is 1.88 bits per heavy atom. The highest BCUT2D eigenvalue weighted by atomic mass is 19.4. The monoisotopic (exact) mass is 250 g/mol. The average molecular weight is 250 g/mol. The fraction of sp³-hybridized carbons (Fsp3) is 0.400. The third kappa shape index (κ3) is 2.02. The van der Waals surface area contributed by atoms with Crippen molar-refractivity contribution in [1.82, 2.24) is 0 Å². The molecule has 1 aliphatic rings. The number of hydrogen-bond acceptors (Lipinski definition) is 4. The van der Waals surface area contributed by atoms with E-state index in [-0.39, 0.29) is 5.56 Å². The molecule has 17 heavy (non-hydrogen) atoms. The van der Waals surface area contributed by atoms with Crippen molar-refractivity contribution in [1.29, 1.82) is 0 Å². The zero-order valence-corrected chi connectivity index (χ0v) is 8.73. The van der Waals surface area contributed by atoms with Crippen LogP contribution >= 0.6 is 0 Å². The lowest BCUT2D eigenvalue weighted by Crippen LogP contribution is -2.44. The fourth-order valence-corrected chi connectivity index (χ4v) is 1.42. The molecule has 2 atom stereocenters. The summed E-state index contributed by atoms with van der Waals surface area (Å²) in [5.74, 6) is -2.95. The number of benzene rings is 1. The Kier molecular flexibility index (Phi) is 3.09. The van der Waals surface area contributed by atoms with Crippen LogP contribution in [0.2, 0.25) is 0 Å². The van der Waals surface area contributed by atoms with Crippen molar-refractivity contribution in [3.05, 3.63) is 35.9 Å². The summed E-state index contributed by atoms with van der Waals surface area (Å²) < 4.78 is 48.2. The van der Waals surface area contributed by atoms with Crippen LogP contribution < -0.4 is 0 Å². The highest BCUT2D eigenvalue weighted by Crippen LogP contribution is 2.47. The first-order chi connectivity index (χ1) is 7.99. The van der Waals surface area contributed by atoms with Crippen molar-refractivity contribution >= 4 is 0 Å². The van der Waals surface area contributed by atoms with Gasteiger partial charge in [0, 0.05) is 12.7 Å². The Labute approximate surface area is 94.8 Å². The standard InChI is InChI=1S/C10H9F3O4/c1-14-8-15-9(17-16-8,10(11,12)13)7-5-3-2-4-6-7/h2-6,8H,1H3. The van der Waals surface area contributed by atoms with Gasteiger partial charge in [0.1, 0.15) is 0 Å². The van der Waals surface area contributed by atoms with E-state index in [2.05, 4.69) is 19.2 Å². The van der Waals surface area contributed by atoms with Gasteiger partial charge in [0.2, 0.25) is 0 Å². The average Bonchev–Trinajstić information content (AvgIpc) is 2.75. The topological polar surface area (TPSA) is 36.9 Å². The van der Waals surface area contributed by atoms with Crippen LogP contribution in [0.5, 0.6) is 0 Å². The fourth-order valence-electron chi connectivity index (χ4n) is 1.42. The third-order valence-electron chi connectivity index (χ3n) is 2.23. The molecule has 1 fully saturated rings. The molecule has 0 amide bonds. The second-order valence-electron chi connectivity index (χ2n) is 3.30. The van der Waals surface area contributed by atoms with Crippen molar-refractivity contribution in [3.8, 4) is 0 Å². The number of halogens is 3. The molecule has 1 aliphatic heterocycles. The van der Waals surface area contributed by atoms with Crippen LogP contribution in [0.3, 0.4) is 0 Å². The summed E-state index contributed by atoms with van der Waals surface area (Å²) in [6.45, 7) is -1.52. The first-order valence-electron chi connectivity index (χ1n) is 4.67. The van der Waals surface area contributed by atoms with Gasteiger partial charge in [0.15, 0.2) is 0 Å². The molecule has 0 saturated carbocycles. The molecule has 2 unspecified atom stereocenters. The van der Waals surface area contributed by atoms with Gasteiger partial charge in [-0.05, 0) is 0 Å². The second-order valence-corrected chi connectivity index (χ2v) is 3.30. The van der Waals surface area contributed by atoms with E-state index >= 15 is 0 Å². The summed E-state index contributed by atoms with van der Waals surface area (Å²) in [7, 11) is 1.14.